The van der Waals surface area contributed by atoms with Crippen LogP contribution in [0.4, 0.5) is 0 Å². The number of benzene rings is 2. The number of hydrogen-bond donors (Lipinski definition) is 1. The molecule has 2 amide bonds. The summed E-state index contributed by atoms with van der Waals surface area (Å²) in [6, 6.07) is 13.2. The lowest BCUT2D eigenvalue weighted by atomic mass is 9.96. The van der Waals surface area contributed by atoms with Crippen LogP contribution in [0.25, 0.3) is 0 Å². The van der Waals surface area contributed by atoms with Crippen LogP contribution in [-0.4, -0.2) is 55.6 Å². The Balaban J connectivity index is 1.14. The average Bonchev–Trinajstić information content (AvgIpc) is 3.56. The monoisotopic (exact) mass is 495 g/mol. The van der Waals surface area contributed by atoms with Crippen molar-refractivity contribution in [1.82, 2.24) is 14.5 Å². The van der Waals surface area contributed by atoms with E-state index in [9.17, 15) is 18.0 Å². The zero-order valence-corrected chi connectivity index (χ0v) is 21.0. The SMILES string of the molecule is CN(Cc1ccc(C(=O)NC2CC2)cc1)C(=O)C1CCN(S(=O)(=O)c2ccc3c(c2)CCC3)CC1. The highest BCUT2D eigenvalue weighted by Gasteiger charge is 2.33. The lowest BCUT2D eigenvalue weighted by molar-refractivity contribution is -0.135. The first-order valence-electron chi connectivity index (χ1n) is 12.6. The predicted octanol–water partition coefficient (Wildman–Crippen LogP) is 3.13. The van der Waals surface area contributed by atoms with E-state index in [0.29, 0.717) is 49.0 Å². The molecule has 8 heteroatoms. The van der Waals surface area contributed by atoms with Gasteiger partial charge < -0.3 is 10.2 Å². The molecule has 0 atom stereocenters. The number of nitrogens with zero attached hydrogens (tertiary/aromatic N) is 2. The zero-order valence-electron chi connectivity index (χ0n) is 20.2. The van der Waals surface area contributed by atoms with Crippen LogP contribution >= 0.6 is 0 Å². The van der Waals surface area contributed by atoms with E-state index in [-0.39, 0.29) is 17.7 Å². The van der Waals surface area contributed by atoms with E-state index >= 15 is 0 Å². The van der Waals surface area contributed by atoms with Crippen LogP contribution in [-0.2, 0) is 34.2 Å². The van der Waals surface area contributed by atoms with Crippen molar-refractivity contribution < 1.29 is 18.0 Å². The number of piperidine rings is 1. The highest BCUT2D eigenvalue weighted by molar-refractivity contribution is 7.89. The van der Waals surface area contributed by atoms with Crippen LogP contribution in [0.3, 0.4) is 0 Å². The van der Waals surface area contributed by atoms with E-state index in [1.54, 1.807) is 30.1 Å². The minimum Gasteiger partial charge on any atom is -0.349 e. The van der Waals surface area contributed by atoms with Crippen molar-refractivity contribution in [3.63, 3.8) is 0 Å². The van der Waals surface area contributed by atoms with Gasteiger partial charge in [-0.2, -0.15) is 4.31 Å². The molecule has 2 aromatic carbocycles. The lowest BCUT2D eigenvalue weighted by Gasteiger charge is -2.32. The van der Waals surface area contributed by atoms with E-state index < -0.39 is 10.0 Å². The average molecular weight is 496 g/mol. The summed E-state index contributed by atoms with van der Waals surface area (Å²) in [5.41, 5.74) is 3.99. The third-order valence-corrected chi connectivity index (χ3v) is 9.33. The van der Waals surface area contributed by atoms with Gasteiger partial charge in [0.25, 0.3) is 5.91 Å². The minimum absolute atomic E-state index is 0.0372. The Hall–Kier alpha value is -2.71. The summed E-state index contributed by atoms with van der Waals surface area (Å²) in [6.07, 6.45) is 6.20. The molecule has 2 fully saturated rings. The molecule has 3 aliphatic rings. The van der Waals surface area contributed by atoms with Gasteiger partial charge in [0.1, 0.15) is 0 Å². The first-order chi connectivity index (χ1) is 16.8. The highest BCUT2D eigenvalue weighted by atomic mass is 32.2. The maximum absolute atomic E-state index is 13.2. The number of fused-ring (bicyclic) bond motifs is 1. The fourth-order valence-corrected chi connectivity index (χ4v) is 6.64. The fraction of sp³-hybridized carbons (Fsp3) is 0.481. The zero-order chi connectivity index (χ0) is 24.6. The number of rotatable bonds is 7. The van der Waals surface area contributed by atoms with Gasteiger partial charge in [-0.3, -0.25) is 9.59 Å². The first kappa shape index (κ1) is 24.0. The van der Waals surface area contributed by atoms with Crippen LogP contribution in [0, 0.1) is 5.92 Å². The van der Waals surface area contributed by atoms with E-state index in [1.807, 2.05) is 24.3 Å². The summed E-state index contributed by atoms with van der Waals surface area (Å²) in [5, 5.41) is 2.98. The molecule has 2 aliphatic carbocycles. The second-order valence-corrected chi connectivity index (χ2v) is 12.0. The van der Waals surface area contributed by atoms with Gasteiger partial charge in [-0.05, 0) is 85.9 Å². The Bertz CT molecular complexity index is 1210. The Morgan fingerprint density at radius 1 is 0.971 bits per heavy atom. The van der Waals surface area contributed by atoms with Gasteiger partial charge in [-0.1, -0.05) is 18.2 Å². The topological polar surface area (TPSA) is 86.8 Å². The molecule has 186 valence electrons. The maximum Gasteiger partial charge on any atom is 0.251 e. The summed E-state index contributed by atoms with van der Waals surface area (Å²) in [4.78, 5) is 27.3. The van der Waals surface area contributed by atoms with E-state index in [4.69, 9.17) is 0 Å². The molecule has 7 nitrogen and oxygen atoms in total. The minimum atomic E-state index is -3.54. The number of carbonyl (C=O) groups is 2. The molecule has 0 spiro atoms. The molecule has 0 radical (unpaired) electrons. The molecule has 1 saturated heterocycles. The van der Waals surface area contributed by atoms with Crippen LogP contribution in [0.15, 0.2) is 47.4 Å². The second kappa shape index (κ2) is 9.74. The van der Waals surface area contributed by atoms with Gasteiger partial charge in [0.05, 0.1) is 4.90 Å². The van der Waals surface area contributed by atoms with Crippen molar-refractivity contribution in [2.75, 3.05) is 20.1 Å². The van der Waals surface area contributed by atoms with Crippen molar-refractivity contribution in [1.29, 1.82) is 0 Å². The van der Waals surface area contributed by atoms with Crippen molar-refractivity contribution in [3.8, 4) is 0 Å². The first-order valence-corrected chi connectivity index (χ1v) is 14.0. The third kappa shape index (κ3) is 5.28. The molecular formula is C27H33N3O4S. The number of carbonyl (C=O) groups excluding carboxylic acids is 2. The van der Waals surface area contributed by atoms with Gasteiger partial charge in [0.15, 0.2) is 0 Å². The predicted molar refractivity (Wildman–Crippen MR) is 133 cm³/mol. The number of nitrogens with one attached hydrogen (secondary N) is 1. The fourth-order valence-electron chi connectivity index (χ4n) is 5.12. The Kier molecular flexibility index (Phi) is 6.68. The summed E-state index contributed by atoms with van der Waals surface area (Å²) < 4.78 is 27.9. The van der Waals surface area contributed by atoms with Crippen LogP contribution in [0.1, 0.15) is 59.2 Å². The Morgan fingerprint density at radius 2 is 1.66 bits per heavy atom. The molecule has 1 heterocycles. The Labute approximate surface area is 207 Å². The number of amides is 2. The van der Waals surface area contributed by atoms with E-state index in [0.717, 1.165) is 43.2 Å². The summed E-state index contributed by atoms with van der Waals surface area (Å²) in [5.74, 6) is -0.199. The molecule has 0 aromatic heterocycles. The van der Waals surface area contributed by atoms with Gasteiger partial charge in [0, 0.05) is 44.2 Å². The molecule has 1 aliphatic heterocycles. The third-order valence-electron chi connectivity index (χ3n) is 7.44. The van der Waals surface area contributed by atoms with Crippen LogP contribution in [0.5, 0.6) is 0 Å². The molecule has 35 heavy (non-hydrogen) atoms. The van der Waals surface area contributed by atoms with Gasteiger partial charge >= 0.3 is 0 Å². The normalized spacial score (nSPS) is 18.8. The summed E-state index contributed by atoms with van der Waals surface area (Å²) in [6.45, 7) is 1.17. The smallest absolute Gasteiger partial charge is 0.251 e. The standard InChI is InChI=1S/C27H33N3O4S/c1-29(18-19-5-7-21(8-6-19)26(31)28-24-10-11-24)27(32)22-13-15-30(16-14-22)35(33,34)25-12-9-20-3-2-4-23(20)17-25/h5-9,12,17,22,24H,2-4,10-11,13-16,18H2,1H3,(H,28,31). The molecule has 0 unspecified atom stereocenters. The molecule has 1 N–H and O–H groups in total. The van der Waals surface area contributed by atoms with Crippen molar-refractivity contribution >= 4 is 21.8 Å². The van der Waals surface area contributed by atoms with Crippen molar-refractivity contribution in [2.24, 2.45) is 5.92 Å². The Morgan fingerprint density at radius 3 is 2.34 bits per heavy atom. The molecule has 1 saturated carbocycles. The summed E-state index contributed by atoms with van der Waals surface area (Å²) in [7, 11) is -1.76. The number of sulfonamides is 1. The van der Waals surface area contributed by atoms with E-state index in [1.165, 1.54) is 9.87 Å². The van der Waals surface area contributed by atoms with Gasteiger partial charge in [0.2, 0.25) is 15.9 Å². The number of aryl methyl sites for hydroxylation is 2. The number of hydrogen-bond acceptors (Lipinski definition) is 4. The highest BCUT2D eigenvalue weighted by Crippen LogP contribution is 2.29. The molecule has 0 bridgehead atoms. The van der Waals surface area contributed by atoms with E-state index in [2.05, 4.69) is 5.32 Å². The van der Waals surface area contributed by atoms with Crippen molar-refractivity contribution in [2.45, 2.75) is 62.4 Å². The second-order valence-electron chi connectivity index (χ2n) is 10.1. The summed E-state index contributed by atoms with van der Waals surface area (Å²) >= 11 is 0. The van der Waals surface area contributed by atoms with Crippen LogP contribution < -0.4 is 5.32 Å². The maximum atomic E-state index is 13.2. The lowest BCUT2D eigenvalue weighted by Crippen LogP contribution is -2.43. The van der Waals surface area contributed by atoms with Crippen molar-refractivity contribution in [3.05, 3.63) is 64.7 Å². The van der Waals surface area contributed by atoms with Gasteiger partial charge in [-0.25, -0.2) is 8.42 Å². The quantitative estimate of drug-likeness (QED) is 0.640. The molecule has 5 rings (SSSR count). The van der Waals surface area contributed by atoms with Gasteiger partial charge in [-0.15, -0.1) is 0 Å². The molecular weight excluding hydrogens is 462 g/mol. The largest absolute Gasteiger partial charge is 0.349 e. The van der Waals surface area contributed by atoms with Crippen LogP contribution in [0.2, 0.25) is 0 Å². The molecule has 2 aromatic rings.